The highest BCUT2D eigenvalue weighted by atomic mass is 16.4. The standard InChI is InChI=1S/C20H15N3O3/c21-10-16-12-23(17-8-6-15(7-9-17)20(25)26)13-18(16)19(24)22-11-14-4-2-1-3-5-14/h1-9,12-13H,11H2,(H,22,24)(H,25,26). The van der Waals surface area contributed by atoms with Crippen LogP contribution in [0.3, 0.4) is 0 Å². The molecule has 1 aromatic heterocycles. The largest absolute Gasteiger partial charge is 0.478 e. The molecule has 0 spiro atoms. The molecule has 2 N–H and O–H groups in total. The molecule has 0 aliphatic rings. The number of nitrogens with zero attached hydrogens (tertiary/aromatic N) is 2. The van der Waals surface area contributed by atoms with Crippen LogP contribution in [0.4, 0.5) is 0 Å². The predicted octanol–water partition coefficient (Wildman–Crippen LogP) is 2.98. The Morgan fingerprint density at radius 3 is 2.35 bits per heavy atom. The fourth-order valence-electron chi connectivity index (χ4n) is 2.52. The highest BCUT2D eigenvalue weighted by molar-refractivity contribution is 5.96. The first-order chi connectivity index (χ1) is 12.6. The minimum Gasteiger partial charge on any atom is -0.478 e. The van der Waals surface area contributed by atoms with Gasteiger partial charge in [0, 0.05) is 24.6 Å². The van der Waals surface area contributed by atoms with Crippen LogP contribution in [0.25, 0.3) is 5.69 Å². The minimum atomic E-state index is -1.01. The molecule has 26 heavy (non-hydrogen) atoms. The fourth-order valence-corrected chi connectivity index (χ4v) is 2.52. The quantitative estimate of drug-likeness (QED) is 0.743. The molecule has 0 saturated heterocycles. The first-order valence-corrected chi connectivity index (χ1v) is 7.86. The molecule has 1 amide bonds. The molecule has 6 heteroatoms. The molecule has 0 atom stereocenters. The van der Waals surface area contributed by atoms with Gasteiger partial charge in [0.1, 0.15) is 6.07 Å². The Bertz CT molecular complexity index is 983. The van der Waals surface area contributed by atoms with Crippen molar-refractivity contribution in [2.24, 2.45) is 0 Å². The number of hydrogen-bond donors (Lipinski definition) is 2. The molecule has 0 radical (unpaired) electrons. The maximum Gasteiger partial charge on any atom is 0.335 e. The van der Waals surface area contributed by atoms with Gasteiger partial charge in [-0.15, -0.1) is 0 Å². The van der Waals surface area contributed by atoms with Gasteiger partial charge in [-0.2, -0.15) is 5.26 Å². The third-order valence-electron chi connectivity index (χ3n) is 3.90. The summed E-state index contributed by atoms with van der Waals surface area (Å²) in [6.45, 7) is 0.364. The zero-order chi connectivity index (χ0) is 18.5. The van der Waals surface area contributed by atoms with Crippen LogP contribution >= 0.6 is 0 Å². The number of benzene rings is 2. The van der Waals surface area contributed by atoms with E-state index in [1.165, 1.54) is 12.1 Å². The lowest BCUT2D eigenvalue weighted by Crippen LogP contribution is -2.23. The fraction of sp³-hybridized carbons (Fsp3) is 0.0500. The van der Waals surface area contributed by atoms with Gasteiger partial charge in [-0.25, -0.2) is 4.79 Å². The van der Waals surface area contributed by atoms with Crippen LogP contribution in [0.15, 0.2) is 67.0 Å². The van der Waals surface area contributed by atoms with Gasteiger partial charge >= 0.3 is 5.97 Å². The molecule has 3 rings (SSSR count). The van der Waals surface area contributed by atoms with E-state index in [9.17, 15) is 14.9 Å². The van der Waals surface area contributed by atoms with Gasteiger partial charge in [0.25, 0.3) is 5.91 Å². The molecule has 0 saturated carbocycles. The van der Waals surface area contributed by atoms with Gasteiger partial charge in [-0.1, -0.05) is 30.3 Å². The van der Waals surface area contributed by atoms with Crippen LogP contribution in [0.5, 0.6) is 0 Å². The molecule has 1 heterocycles. The number of aromatic nitrogens is 1. The van der Waals surface area contributed by atoms with Crippen molar-refractivity contribution >= 4 is 11.9 Å². The molecule has 0 aliphatic carbocycles. The molecule has 2 aromatic carbocycles. The molecule has 0 aliphatic heterocycles. The number of carboxylic acid groups (broad SMARTS) is 1. The second-order valence-electron chi connectivity index (χ2n) is 5.62. The van der Waals surface area contributed by atoms with Crippen molar-refractivity contribution < 1.29 is 14.7 Å². The number of amides is 1. The normalized spacial score (nSPS) is 10.1. The van der Waals surface area contributed by atoms with Crippen LogP contribution in [-0.4, -0.2) is 21.6 Å². The Morgan fingerprint density at radius 2 is 1.73 bits per heavy atom. The van der Waals surface area contributed by atoms with Crippen LogP contribution in [-0.2, 0) is 6.54 Å². The summed E-state index contributed by atoms with van der Waals surface area (Å²) in [5.41, 5.74) is 2.31. The summed E-state index contributed by atoms with van der Waals surface area (Å²) in [5.74, 6) is -1.35. The lowest BCUT2D eigenvalue weighted by molar-refractivity contribution is 0.0696. The van der Waals surface area contributed by atoms with Gasteiger partial charge in [0.2, 0.25) is 0 Å². The zero-order valence-electron chi connectivity index (χ0n) is 13.7. The first kappa shape index (κ1) is 17.0. The van der Waals surface area contributed by atoms with Crippen LogP contribution in [0, 0.1) is 11.3 Å². The maximum absolute atomic E-state index is 12.4. The maximum atomic E-state index is 12.4. The van der Waals surface area contributed by atoms with E-state index in [1.807, 2.05) is 36.4 Å². The zero-order valence-corrected chi connectivity index (χ0v) is 13.7. The number of carbonyl (C=O) groups excluding carboxylic acids is 1. The second-order valence-corrected chi connectivity index (χ2v) is 5.62. The lowest BCUT2D eigenvalue weighted by atomic mass is 10.2. The third kappa shape index (κ3) is 3.62. The SMILES string of the molecule is N#Cc1cn(-c2ccc(C(=O)O)cc2)cc1C(=O)NCc1ccccc1. The van der Waals surface area contributed by atoms with Gasteiger partial charge in [0.05, 0.1) is 16.7 Å². The van der Waals surface area contributed by atoms with Gasteiger partial charge < -0.3 is 15.0 Å². The Labute approximate surface area is 149 Å². The summed E-state index contributed by atoms with van der Waals surface area (Å²) in [7, 11) is 0. The highest BCUT2D eigenvalue weighted by Crippen LogP contribution is 2.16. The van der Waals surface area contributed by atoms with E-state index in [0.29, 0.717) is 12.2 Å². The van der Waals surface area contributed by atoms with E-state index in [1.54, 1.807) is 29.1 Å². The number of nitriles is 1. The summed E-state index contributed by atoms with van der Waals surface area (Å²) in [5, 5.41) is 21.1. The van der Waals surface area contributed by atoms with Crippen molar-refractivity contribution in [2.75, 3.05) is 0 Å². The Morgan fingerprint density at radius 1 is 1.04 bits per heavy atom. The van der Waals surface area contributed by atoms with Crippen molar-refractivity contribution in [3.05, 3.63) is 89.2 Å². The van der Waals surface area contributed by atoms with Crippen LogP contribution < -0.4 is 5.32 Å². The molecule has 0 unspecified atom stereocenters. The average molecular weight is 345 g/mol. The summed E-state index contributed by atoms with van der Waals surface area (Å²) in [6, 6.07) is 17.7. The number of rotatable bonds is 5. The smallest absolute Gasteiger partial charge is 0.335 e. The molecule has 128 valence electrons. The second kappa shape index (κ2) is 7.36. The first-order valence-electron chi connectivity index (χ1n) is 7.86. The van der Waals surface area contributed by atoms with Gasteiger partial charge in [-0.05, 0) is 29.8 Å². The summed E-state index contributed by atoms with van der Waals surface area (Å²) in [4.78, 5) is 23.4. The number of hydrogen-bond acceptors (Lipinski definition) is 3. The Hall–Kier alpha value is -3.85. The van der Waals surface area contributed by atoms with E-state index in [-0.39, 0.29) is 22.6 Å². The Balaban J connectivity index is 1.81. The van der Waals surface area contributed by atoms with Crippen molar-refractivity contribution in [3.8, 4) is 11.8 Å². The van der Waals surface area contributed by atoms with Crippen molar-refractivity contribution in [1.29, 1.82) is 5.26 Å². The number of nitrogens with one attached hydrogen (secondary N) is 1. The topological polar surface area (TPSA) is 95.1 Å². The molecular formula is C20H15N3O3. The lowest BCUT2D eigenvalue weighted by Gasteiger charge is -2.05. The number of carboxylic acids is 1. The van der Waals surface area contributed by atoms with E-state index in [4.69, 9.17) is 5.11 Å². The average Bonchev–Trinajstić information content (AvgIpc) is 3.11. The summed E-state index contributed by atoms with van der Waals surface area (Å²) in [6.07, 6.45) is 3.11. The van der Waals surface area contributed by atoms with Crippen molar-refractivity contribution in [1.82, 2.24) is 9.88 Å². The van der Waals surface area contributed by atoms with E-state index in [0.717, 1.165) is 5.56 Å². The van der Waals surface area contributed by atoms with Crippen molar-refractivity contribution in [2.45, 2.75) is 6.54 Å². The van der Waals surface area contributed by atoms with E-state index in [2.05, 4.69) is 5.32 Å². The Kier molecular flexibility index (Phi) is 4.81. The predicted molar refractivity (Wildman–Crippen MR) is 95.1 cm³/mol. The molecule has 3 aromatic rings. The van der Waals surface area contributed by atoms with Crippen molar-refractivity contribution in [3.63, 3.8) is 0 Å². The molecular weight excluding hydrogens is 330 g/mol. The van der Waals surface area contributed by atoms with E-state index >= 15 is 0 Å². The molecule has 0 fully saturated rings. The minimum absolute atomic E-state index is 0.169. The third-order valence-corrected chi connectivity index (χ3v) is 3.90. The number of carbonyl (C=O) groups is 2. The van der Waals surface area contributed by atoms with Crippen LogP contribution in [0.2, 0.25) is 0 Å². The molecule has 6 nitrogen and oxygen atoms in total. The highest BCUT2D eigenvalue weighted by Gasteiger charge is 2.15. The van der Waals surface area contributed by atoms with Crippen LogP contribution in [0.1, 0.15) is 31.8 Å². The van der Waals surface area contributed by atoms with E-state index < -0.39 is 5.97 Å². The monoisotopic (exact) mass is 345 g/mol. The summed E-state index contributed by atoms with van der Waals surface area (Å²) >= 11 is 0. The molecule has 0 bridgehead atoms. The summed E-state index contributed by atoms with van der Waals surface area (Å²) < 4.78 is 1.63. The number of aromatic carboxylic acids is 1. The van der Waals surface area contributed by atoms with Gasteiger partial charge in [-0.3, -0.25) is 4.79 Å². The van der Waals surface area contributed by atoms with Gasteiger partial charge in [0.15, 0.2) is 0 Å².